The maximum atomic E-state index is 5.83. The Balaban J connectivity index is 2.07. The van der Waals surface area contributed by atoms with Crippen molar-refractivity contribution in [2.75, 3.05) is 6.61 Å². The van der Waals surface area contributed by atoms with E-state index in [1.165, 1.54) is 0 Å². The Morgan fingerprint density at radius 3 is 2.88 bits per heavy atom. The number of nitrogens with zero attached hydrogens (tertiary/aromatic N) is 1. The van der Waals surface area contributed by atoms with Crippen LogP contribution in [-0.4, -0.2) is 11.6 Å². The van der Waals surface area contributed by atoms with E-state index in [2.05, 4.69) is 11.9 Å². The van der Waals surface area contributed by atoms with Crippen molar-refractivity contribution in [2.45, 2.75) is 19.3 Å². The van der Waals surface area contributed by atoms with Gasteiger partial charge in [0.05, 0.1) is 12.1 Å². The van der Waals surface area contributed by atoms with Gasteiger partial charge in [0.1, 0.15) is 10.9 Å². The lowest BCUT2D eigenvalue weighted by molar-refractivity contribution is 0.307. The molecule has 0 aliphatic heterocycles. The fourth-order valence-electron chi connectivity index (χ4n) is 1.64. The number of hydrogen-bond donors (Lipinski definition) is 0. The van der Waals surface area contributed by atoms with Crippen molar-refractivity contribution in [3.8, 4) is 5.75 Å². The molecule has 3 heteroatoms. The molecule has 17 heavy (non-hydrogen) atoms. The molecule has 1 aromatic heterocycles. The Morgan fingerprint density at radius 2 is 2.06 bits per heavy atom. The van der Waals surface area contributed by atoms with E-state index >= 15 is 0 Å². The molecule has 2 rings (SSSR count). The minimum Gasteiger partial charge on any atom is -0.494 e. The smallest absolute Gasteiger partial charge is 0.129 e. The van der Waals surface area contributed by atoms with Crippen LogP contribution in [0.2, 0.25) is 5.15 Å². The summed E-state index contributed by atoms with van der Waals surface area (Å²) in [6, 6.07) is 9.58. The van der Waals surface area contributed by atoms with Crippen LogP contribution in [0.15, 0.2) is 30.3 Å². The largest absolute Gasteiger partial charge is 0.494 e. The van der Waals surface area contributed by atoms with Crippen molar-refractivity contribution < 1.29 is 4.74 Å². The van der Waals surface area contributed by atoms with Crippen molar-refractivity contribution in [2.24, 2.45) is 0 Å². The summed E-state index contributed by atoms with van der Waals surface area (Å²) in [6.45, 7) is 4.54. The summed E-state index contributed by atoms with van der Waals surface area (Å²) in [5.41, 5.74) is 0.891. The highest BCUT2D eigenvalue weighted by Gasteiger charge is 1.99. The third-order valence-corrected chi connectivity index (χ3v) is 2.75. The molecule has 2 nitrogen and oxygen atoms in total. The standard InChI is InChI=1S/C14H15ClNO/c1-2-3-4-9-17-12-6-7-13-11(10-12)5-8-14(15)16-13/h5-8,10H,1-4,9H2. The number of ether oxygens (including phenoxy) is 1. The Bertz CT molecular complexity index is 499. The van der Waals surface area contributed by atoms with Gasteiger partial charge in [-0.25, -0.2) is 4.98 Å². The number of rotatable bonds is 5. The second-order valence-corrected chi connectivity index (χ2v) is 4.28. The Labute approximate surface area is 107 Å². The average Bonchev–Trinajstić information content (AvgIpc) is 2.35. The van der Waals surface area contributed by atoms with Gasteiger partial charge >= 0.3 is 0 Å². The topological polar surface area (TPSA) is 22.1 Å². The van der Waals surface area contributed by atoms with Crippen LogP contribution in [0, 0.1) is 6.92 Å². The monoisotopic (exact) mass is 248 g/mol. The highest BCUT2D eigenvalue weighted by atomic mass is 35.5. The van der Waals surface area contributed by atoms with Crippen LogP contribution in [0.3, 0.4) is 0 Å². The molecule has 0 fully saturated rings. The van der Waals surface area contributed by atoms with Crippen LogP contribution in [0.4, 0.5) is 0 Å². The van der Waals surface area contributed by atoms with Gasteiger partial charge < -0.3 is 4.74 Å². The molecule has 89 valence electrons. The predicted octanol–water partition coefficient (Wildman–Crippen LogP) is 4.27. The number of unbranched alkanes of at least 4 members (excludes halogenated alkanes) is 2. The third kappa shape index (κ3) is 3.34. The summed E-state index contributed by atoms with van der Waals surface area (Å²) < 4.78 is 5.66. The average molecular weight is 249 g/mol. The van der Waals surface area contributed by atoms with Crippen molar-refractivity contribution in [3.05, 3.63) is 42.4 Å². The molecule has 0 atom stereocenters. The number of fused-ring (bicyclic) bond motifs is 1. The minimum absolute atomic E-state index is 0.515. The van der Waals surface area contributed by atoms with E-state index in [9.17, 15) is 0 Å². The summed E-state index contributed by atoms with van der Waals surface area (Å²) in [7, 11) is 0. The van der Waals surface area contributed by atoms with Gasteiger partial charge in [-0.05, 0) is 36.8 Å². The highest BCUT2D eigenvalue weighted by Crippen LogP contribution is 2.21. The molecule has 0 aliphatic rings. The molecule has 2 aromatic rings. The van der Waals surface area contributed by atoms with Gasteiger partial charge in [-0.1, -0.05) is 31.4 Å². The molecule has 0 saturated carbocycles. The van der Waals surface area contributed by atoms with Gasteiger partial charge in [0.15, 0.2) is 0 Å². The molecule has 0 amide bonds. The fraction of sp³-hybridized carbons (Fsp3) is 0.286. The van der Waals surface area contributed by atoms with E-state index in [0.717, 1.165) is 42.5 Å². The van der Waals surface area contributed by atoms with Crippen LogP contribution in [-0.2, 0) is 0 Å². The second kappa shape index (κ2) is 5.87. The third-order valence-electron chi connectivity index (χ3n) is 2.54. The second-order valence-electron chi connectivity index (χ2n) is 3.90. The van der Waals surface area contributed by atoms with Crippen LogP contribution in [0.5, 0.6) is 5.75 Å². The van der Waals surface area contributed by atoms with Gasteiger partial charge in [-0.15, -0.1) is 0 Å². The Morgan fingerprint density at radius 1 is 1.18 bits per heavy atom. The van der Waals surface area contributed by atoms with Crippen molar-refractivity contribution in [3.63, 3.8) is 0 Å². The summed E-state index contributed by atoms with van der Waals surface area (Å²) in [4.78, 5) is 4.23. The quantitative estimate of drug-likeness (QED) is 0.582. The molecule has 1 radical (unpaired) electrons. The summed E-state index contributed by atoms with van der Waals surface area (Å²) >= 11 is 5.83. The molecule has 1 aromatic carbocycles. The molecule has 0 saturated heterocycles. The fourth-order valence-corrected chi connectivity index (χ4v) is 1.79. The SMILES string of the molecule is [CH2]CCCCOc1ccc2nc(Cl)ccc2c1. The van der Waals surface area contributed by atoms with Gasteiger partial charge in [0.25, 0.3) is 0 Å². The molecular weight excluding hydrogens is 234 g/mol. The van der Waals surface area contributed by atoms with Crippen molar-refractivity contribution in [1.29, 1.82) is 0 Å². The zero-order chi connectivity index (χ0) is 12.1. The van der Waals surface area contributed by atoms with Gasteiger partial charge in [-0.3, -0.25) is 0 Å². The van der Waals surface area contributed by atoms with Gasteiger partial charge in [0.2, 0.25) is 0 Å². The van der Waals surface area contributed by atoms with Gasteiger partial charge in [0, 0.05) is 5.39 Å². The molecule has 0 unspecified atom stereocenters. The van der Waals surface area contributed by atoms with Crippen molar-refractivity contribution >= 4 is 22.5 Å². The van der Waals surface area contributed by atoms with Crippen molar-refractivity contribution in [1.82, 2.24) is 4.98 Å². The molecule has 0 spiro atoms. The summed E-state index contributed by atoms with van der Waals surface area (Å²) in [5.74, 6) is 0.880. The first kappa shape index (κ1) is 12.2. The first-order chi connectivity index (χ1) is 8.29. The number of pyridine rings is 1. The maximum absolute atomic E-state index is 5.83. The lowest BCUT2D eigenvalue weighted by atomic mass is 10.2. The number of benzene rings is 1. The number of hydrogen-bond acceptors (Lipinski definition) is 2. The normalized spacial score (nSPS) is 10.7. The molecule has 0 N–H and O–H groups in total. The van der Waals surface area contributed by atoms with E-state index in [0.29, 0.717) is 5.15 Å². The number of aromatic nitrogens is 1. The maximum Gasteiger partial charge on any atom is 0.129 e. The van der Waals surface area contributed by atoms with Crippen LogP contribution < -0.4 is 4.74 Å². The van der Waals surface area contributed by atoms with E-state index in [-0.39, 0.29) is 0 Å². The summed E-state index contributed by atoms with van der Waals surface area (Å²) in [6.07, 6.45) is 3.11. The lowest BCUT2D eigenvalue weighted by Gasteiger charge is -2.06. The van der Waals surface area contributed by atoms with Gasteiger partial charge in [-0.2, -0.15) is 0 Å². The lowest BCUT2D eigenvalue weighted by Crippen LogP contribution is -1.96. The van der Waals surface area contributed by atoms with E-state index in [4.69, 9.17) is 16.3 Å². The van der Waals surface area contributed by atoms with E-state index in [1.54, 1.807) is 6.07 Å². The van der Waals surface area contributed by atoms with Crippen LogP contribution in [0.1, 0.15) is 19.3 Å². The molecule has 0 aliphatic carbocycles. The zero-order valence-corrected chi connectivity index (χ0v) is 10.4. The summed E-state index contributed by atoms with van der Waals surface area (Å²) in [5, 5.41) is 1.56. The number of halogens is 1. The molecule has 0 bridgehead atoms. The van der Waals surface area contributed by atoms with E-state index in [1.807, 2.05) is 24.3 Å². The van der Waals surface area contributed by atoms with Crippen LogP contribution in [0.25, 0.3) is 10.9 Å². The minimum atomic E-state index is 0.515. The Kier molecular flexibility index (Phi) is 4.21. The predicted molar refractivity (Wildman–Crippen MR) is 71.5 cm³/mol. The first-order valence-corrected chi connectivity index (χ1v) is 6.16. The van der Waals surface area contributed by atoms with E-state index < -0.39 is 0 Å². The molecular formula is C14H15ClNO. The first-order valence-electron chi connectivity index (χ1n) is 5.78. The highest BCUT2D eigenvalue weighted by molar-refractivity contribution is 6.29. The Hall–Kier alpha value is -1.28. The molecule has 1 heterocycles. The zero-order valence-electron chi connectivity index (χ0n) is 9.66. The van der Waals surface area contributed by atoms with Crippen LogP contribution >= 0.6 is 11.6 Å².